The zero-order valence-electron chi connectivity index (χ0n) is 18.3. The molecule has 0 heterocycles. The summed E-state index contributed by atoms with van der Waals surface area (Å²) in [5.41, 5.74) is 0. The molecule has 0 bridgehead atoms. The largest absolute Gasteiger partial charge is 1.00 e. The normalized spacial score (nSPS) is 13.9. The van der Waals surface area contributed by atoms with Crippen LogP contribution in [0.3, 0.4) is 0 Å². The van der Waals surface area contributed by atoms with Crippen LogP contribution >= 0.6 is 0 Å². The van der Waals surface area contributed by atoms with Gasteiger partial charge in [0.25, 0.3) is 0 Å². The van der Waals surface area contributed by atoms with E-state index >= 15 is 0 Å². The van der Waals surface area contributed by atoms with Crippen molar-refractivity contribution in [1.29, 1.82) is 0 Å². The molecule has 0 aliphatic carbocycles. The maximum absolute atomic E-state index is 11.1. The summed E-state index contributed by atoms with van der Waals surface area (Å²) < 4.78 is 33.4. The monoisotopic (exact) mass is 414 g/mol. The summed E-state index contributed by atoms with van der Waals surface area (Å²) in [5.74, 6) is 0. The Bertz CT molecular complexity index is 401. The number of unbranched alkanes of at least 4 members (excludes halogenated alkanes) is 11. The molecule has 0 aliphatic rings. The van der Waals surface area contributed by atoms with Gasteiger partial charge in [-0.15, -0.1) is 0 Å². The van der Waals surface area contributed by atoms with Gasteiger partial charge in [0.1, 0.15) is 0 Å². The fourth-order valence-corrected chi connectivity index (χ4v) is 4.46. The molecule has 0 saturated heterocycles. The van der Waals surface area contributed by atoms with E-state index in [1.807, 2.05) is 13.8 Å². The van der Waals surface area contributed by atoms with Crippen LogP contribution in [0.25, 0.3) is 0 Å². The average Bonchev–Trinajstić information content (AvgIpc) is 2.59. The molecule has 0 aromatic heterocycles. The number of aliphatic hydroxyl groups is 1. The predicted octanol–water partition coefficient (Wildman–Crippen LogP) is 2.94. The van der Waals surface area contributed by atoms with Crippen molar-refractivity contribution in [2.45, 2.75) is 134 Å². The third kappa shape index (κ3) is 19.9. The fraction of sp³-hybridized carbons (Fsp3) is 1.00. The van der Waals surface area contributed by atoms with E-state index < -0.39 is 15.4 Å². The van der Waals surface area contributed by atoms with Gasteiger partial charge in [0.05, 0.1) is 16.2 Å². The van der Waals surface area contributed by atoms with E-state index in [0.29, 0.717) is 12.8 Å². The molecule has 0 spiro atoms. The Hall–Kier alpha value is 0.870. The van der Waals surface area contributed by atoms with Crippen LogP contribution in [0.1, 0.15) is 123 Å². The number of hydrogen-bond acceptors (Lipinski definition) is 4. The minimum atomic E-state index is -4.11. The van der Waals surface area contributed by atoms with E-state index in [9.17, 15) is 18.1 Å². The molecular formula is C21H43NaO4S. The second kappa shape index (κ2) is 20.2. The van der Waals surface area contributed by atoms with Gasteiger partial charge in [-0.05, 0) is 25.7 Å². The van der Waals surface area contributed by atoms with E-state index in [1.54, 1.807) is 0 Å². The number of rotatable bonds is 19. The molecule has 2 unspecified atom stereocenters. The first kappa shape index (κ1) is 30.1. The molecule has 0 amide bonds. The summed E-state index contributed by atoms with van der Waals surface area (Å²) in [7, 11) is -4.11. The SMILES string of the molecule is CCCC(CCCCCCCCCCCCCCC(O)CC)S(=O)(=O)[O-].[Na+]. The van der Waals surface area contributed by atoms with E-state index in [2.05, 4.69) is 0 Å². The molecule has 27 heavy (non-hydrogen) atoms. The maximum atomic E-state index is 11.1. The number of hydrogen-bond donors (Lipinski definition) is 1. The number of aliphatic hydroxyl groups excluding tert-OH is 1. The standard InChI is InChI=1S/C21H44O4S.Na/c1-3-17-21(26(23,24)25)19-16-14-12-10-8-6-5-7-9-11-13-15-18-20(22)4-2;/h20-22H,3-19H2,1-2H3,(H,23,24,25);/q;+1/p-1. The molecule has 0 fully saturated rings. The van der Waals surface area contributed by atoms with Crippen LogP contribution in [0.2, 0.25) is 0 Å². The van der Waals surface area contributed by atoms with Crippen LogP contribution in [0.4, 0.5) is 0 Å². The Kier molecular flexibility index (Phi) is 22.4. The first-order valence-corrected chi connectivity index (χ1v) is 12.5. The quantitative estimate of drug-likeness (QED) is 0.200. The molecule has 0 radical (unpaired) electrons. The van der Waals surface area contributed by atoms with Gasteiger partial charge in [0.15, 0.2) is 0 Å². The van der Waals surface area contributed by atoms with Crippen molar-refractivity contribution in [3.05, 3.63) is 0 Å². The zero-order chi connectivity index (χ0) is 19.7. The third-order valence-corrected chi connectivity index (χ3v) is 6.59. The summed E-state index contributed by atoms with van der Waals surface area (Å²) in [4.78, 5) is 0. The van der Waals surface area contributed by atoms with Crippen molar-refractivity contribution in [2.75, 3.05) is 0 Å². The van der Waals surface area contributed by atoms with Crippen molar-refractivity contribution >= 4 is 10.1 Å². The van der Waals surface area contributed by atoms with E-state index in [0.717, 1.165) is 44.9 Å². The van der Waals surface area contributed by atoms with Crippen LogP contribution in [-0.4, -0.2) is 29.4 Å². The van der Waals surface area contributed by atoms with Crippen molar-refractivity contribution in [3.63, 3.8) is 0 Å². The van der Waals surface area contributed by atoms with Gasteiger partial charge in [-0.25, -0.2) is 8.42 Å². The van der Waals surface area contributed by atoms with Gasteiger partial charge >= 0.3 is 29.6 Å². The van der Waals surface area contributed by atoms with E-state index in [-0.39, 0.29) is 35.7 Å². The molecule has 6 heteroatoms. The Morgan fingerprint density at radius 3 is 1.41 bits per heavy atom. The smallest absolute Gasteiger partial charge is 0.748 e. The minimum Gasteiger partial charge on any atom is -0.748 e. The molecule has 158 valence electrons. The van der Waals surface area contributed by atoms with Crippen molar-refractivity contribution in [1.82, 2.24) is 0 Å². The first-order chi connectivity index (χ1) is 12.4. The van der Waals surface area contributed by atoms with Gasteiger partial charge in [-0.1, -0.05) is 97.3 Å². The summed E-state index contributed by atoms with van der Waals surface area (Å²) in [6.45, 7) is 3.96. The van der Waals surface area contributed by atoms with Crippen LogP contribution in [-0.2, 0) is 10.1 Å². The Morgan fingerprint density at radius 1 is 0.704 bits per heavy atom. The topological polar surface area (TPSA) is 77.4 Å². The second-order valence-corrected chi connectivity index (χ2v) is 9.44. The zero-order valence-corrected chi connectivity index (χ0v) is 21.1. The van der Waals surface area contributed by atoms with Crippen LogP contribution in [0, 0.1) is 0 Å². The van der Waals surface area contributed by atoms with Gasteiger partial charge in [-0.2, -0.15) is 0 Å². The van der Waals surface area contributed by atoms with E-state index in [4.69, 9.17) is 0 Å². The van der Waals surface area contributed by atoms with Gasteiger partial charge < -0.3 is 9.66 Å². The Balaban J connectivity index is 0. The summed E-state index contributed by atoms with van der Waals surface area (Å²) in [6.07, 6.45) is 18.0. The molecule has 0 rings (SSSR count). The second-order valence-electron chi connectivity index (χ2n) is 7.79. The molecule has 1 N–H and O–H groups in total. The minimum absolute atomic E-state index is 0. The fourth-order valence-electron chi connectivity index (χ4n) is 3.48. The van der Waals surface area contributed by atoms with E-state index in [1.165, 1.54) is 51.4 Å². The van der Waals surface area contributed by atoms with Gasteiger partial charge in [-0.3, -0.25) is 0 Å². The molecule has 2 atom stereocenters. The van der Waals surface area contributed by atoms with Gasteiger partial charge in [0.2, 0.25) is 0 Å². The summed E-state index contributed by atoms with van der Waals surface area (Å²) in [6, 6.07) is 0. The molecule has 0 aromatic carbocycles. The maximum Gasteiger partial charge on any atom is 1.00 e. The van der Waals surface area contributed by atoms with Crippen LogP contribution in [0.15, 0.2) is 0 Å². The van der Waals surface area contributed by atoms with Crippen molar-refractivity contribution in [3.8, 4) is 0 Å². The average molecular weight is 415 g/mol. The Labute approximate surface area is 191 Å². The first-order valence-electron chi connectivity index (χ1n) is 11.0. The predicted molar refractivity (Wildman–Crippen MR) is 109 cm³/mol. The molecule has 4 nitrogen and oxygen atoms in total. The van der Waals surface area contributed by atoms with Gasteiger partial charge in [0, 0.05) is 5.25 Å². The summed E-state index contributed by atoms with van der Waals surface area (Å²) in [5, 5.41) is 8.81. The molecule has 0 aliphatic heterocycles. The Morgan fingerprint density at radius 2 is 1.07 bits per heavy atom. The summed E-state index contributed by atoms with van der Waals surface area (Å²) >= 11 is 0. The van der Waals surface area contributed by atoms with Crippen LogP contribution < -0.4 is 29.6 Å². The molecule has 0 saturated carbocycles. The molecule has 0 aromatic rings. The third-order valence-electron chi connectivity index (χ3n) is 5.30. The van der Waals surface area contributed by atoms with Crippen molar-refractivity contribution < 1.29 is 47.6 Å². The molecular weight excluding hydrogens is 371 g/mol. The van der Waals surface area contributed by atoms with Crippen molar-refractivity contribution in [2.24, 2.45) is 0 Å². The van der Waals surface area contributed by atoms with Crippen LogP contribution in [0.5, 0.6) is 0 Å².